The molecule has 1 aliphatic heterocycles. The van der Waals surface area contributed by atoms with Gasteiger partial charge in [0.2, 0.25) is 17.7 Å². The third-order valence-corrected chi connectivity index (χ3v) is 7.31. The maximum absolute atomic E-state index is 13.6. The zero-order chi connectivity index (χ0) is 33.4. The minimum absolute atomic E-state index is 0.0978. The number of carbonyl (C=O) groups is 4. The van der Waals surface area contributed by atoms with E-state index in [-0.39, 0.29) is 18.8 Å². The van der Waals surface area contributed by atoms with Gasteiger partial charge in [-0.05, 0) is 25.2 Å². The Morgan fingerprint density at radius 3 is 2.05 bits per heavy atom. The van der Waals surface area contributed by atoms with E-state index in [0.717, 1.165) is 0 Å². The lowest BCUT2D eigenvalue weighted by atomic mass is 9.97. The molecule has 0 aliphatic carbocycles. The first kappa shape index (κ1) is 37.0. The van der Waals surface area contributed by atoms with Gasteiger partial charge >= 0.3 is 5.97 Å². The fourth-order valence-corrected chi connectivity index (χ4v) is 4.83. The van der Waals surface area contributed by atoms with Crippen molar-refractivity contribution in [3.63, 3.8) is 0 Å². The summed E-state index contributed by atoms with van der Waals surface area (Å²) in [6, 6.07) is -5.34. The molecular formula is C27H46N6O11. The molecule has 17 heteroatoms. The van der Waals surface area contributed by atoms with Crippen LogP contribution in [0.3, 0.4) is 0 Å². The SMILES string of the molecule is CC(C)C[C@H](NC(=O)[C@H](Cc1cnc[nH]1)NC(=O)[C@@H](N[C@@]1(CO)O[C@H](CO)[C@@H](O)[C@@H]1O)C(C)C)C(=O)N[C@H](C(=O)O)[C@@H](C)O. The van der Waals surface area contributed by atoms with Crippen LogP contribution in [0.5, 0.6) is 0 Å². The summed E-state index contributed by atoms with van der Waals surface area (Å²) < 4.78 is 5.53. The van der Waals surface area contributed by atoms with Crippen LogP contribution in [-0.4, -0.2) is 132 Å². The fourth-order valence-electron chi connectivity index (χ4n) is 4.83. The van der Waals surface area contributed by atoms with Crippen LogP contribution >= 0.6 is 0 Å². The molecule has 1 aromatic heterocycles. The molecule has 0 radical (unpaired) electrons. The van der Waals surface area contributed by atoms with Crippen molar-refractivity contribution in [3.05, 3.63) is 18.2 Å². The molecule has 11 N–H and O–H groups in total. The number of aliphatic carboxylic acids is 1. The number of H-pyrrole nitrogens is 1. The molecule has 2 rings (SSSR count). The van der Waals surface area contributed by atoms with Crippen LogP contribution in [-0.2, 0) is 30.3 Å². The van der Waals surface area contributed by atoms with E-state index in [9.17, 15) is 49.8 Å². The molecule has 1 fully saturated rings. The molecule has 1 saturated heterocycles. The van der Waals surface area contributed by atoms with Crippen molar-refractivity contribution in [2.24, 2.45) is 11.8 Å². The molecule has 44 heavy (non-hydrogen) atoms. The number of rotatable bonds is 17. The van der Waals surface area contributed by atoms with E-state index >= 15 is 0 Å². The number of imidazole rings is 1. The van der Waals surface area contributed by atoms with Gasteiger partial charge in [-0.1, -0.05) is 27.7 Å². The summed E-state index contributed by atoms with van der Waals surface area (Å²) in [6.07, 6.45) is -3.12. The van der Waals surface area contributed by atoms with Crippen molar-refractivity contribution in [3.8, 4) is 0 Å². The van der Waals surface area contributed by atoms with Gasteiger partial charge in [-0.25, -0.2) is 9.78 Å². The Hall–Kier alpha value is -3.19. The van der Waals surface area contributed by atoms with E-state index in [1.54, 1.807) is 27.7 Å². The molecule has 9 atom stereocenters. The molecule has 250 valence electrons. The number of carboxylic acid groups (broad SMARTS) is 1. The Kier molecular flexibility index (Phi) is 13.6. The quantitative estimate of drug-likeness (QED) is 0.0793. The first-order chi connectivity index (χ1) is 20.6. The number of aliphatic hydroxyl groups is 5. The lowest BCUT2D eigenvalue weighted by Crippen LogP contribution is -2.66. The third-order valence-electron chi connectivity index (χ3n) is 7.31. The Morgan fingerprint density at radius 2 is 1.59 bits per heavy atom. The fraction of sp³-hybridized carbons (Fsp3) is 0.741. The smallest absolute Gasteiger partial charge is 0.328 e. The molecule has 17 nitrogen and oxygen atoms in total. The lowest BCUT2D eigenvalue weighted by Gasteiger charge is -2.36. The number of aromatic amines is 1. The zero-order valence-corrected chi connectivity index (χ0v) is 25.4. The maximum atomic E-state index is 13.6. The molecule has 2 heterocycles. The average Bonchev–Trinajstić information content (AvgIpc) is 3.54. The average molecular weight is 631 g/mol. The van der Waals surface area contributed by atoms with Crippen LogP contribution in [0.1, 0.15) is 46.7 Å². The van der Waals surface area contributed by atoms with Gasteiger partial charge in [0.25, 0.3) is 0 Å². The highest BCUT2D eigenvalue weighted by atomic mass is 16.6. The Morgan fingerprint density at radius 1 is 0.977 bits per heavy atom. The molecule has 0 spiro atoms. The van der Waals surface area contributed by atoms with Gasteiger partial charge in [0.05, 0.1) is 31.7 Å². The van der Waals surface area contributed by atoms with E-state index in [0.29, 0.717) is 5.69 Å². The van der Waals surface area contributed by atoms with Crippen molar-refractivity contribution in [2.75, 3.05) is 13.2 Å². The van der Waals surface area contributed by atoms with Crippen molar-refractivity contribution in [1.29, 1.82) is 0 Å². The van der Waals surface area contributed by atoms with Gasteiger partial charge in [0, 0.05) is 18.3 Å². The first-order valence-electron chi connectivity index (χ1n) is 14.4. The molecular weight excluding hydrogens is 584 g/mol. The monoisotopic (exact) mass is 630 g/mol. The number of aliphatic hydroxyl groups excluding tert-OH is 5. The second kappa shape index (κ2) is 16.2. The second-order valence-electron chi connectivity index (χ2n) is 11.8. The third kappa shape index (κ3) is 9.40. The van der Waals surface area contributed by atoms with Gasteiger partial charge in [-0.3, -0.25) is 19.7 Å². The number of nitrogens with one attached hydrogen (secondary N) is 5. The standard InChI is InChI=1S/C27H46N6O11/c1-12(2)6-16(24(40)32-20(14(5)36)26(42)43)30-23(39)17(7-15-8-28-11-29-15)31-25(41)19(13(3)4)33-27(10-35)22(38)21(37)18(9-34)44-27/h8,11-14,16-22,33-38H,6-7,9-10H2,1-5H3,(H,28,29)(H,30,39)(H,31,41)(H,32,40)(H,42,43)/t14-,16+,17+,18-,19+,20+,21-,22+,27+/m1/s1. The van der Waals surface area contributed by atoms with Crippen molar-refractivity contribution >= 4 is 23.7 Å². The van der Waals surface area contributed by atoms with Crippen molar-refractivity contribution in [2.45, 2.75) is 102 Å². The molecule has 0 unspecified atom stereocenters. The number of carboxylic acids is 1. The minimum atomic E-state index is -2.01. The van der Waals surface area contributed by atoms with E-state index in [2.05, 4.69) is 31.2 Å². The maximum Gasteiger partial charge on any atom is 0.328 e. The van der Waals surface area contributed by atoms with Gasteiger partial charge in [0.1, 0.15) is 30.4 Å². The largest absolute Gasteiger partial charge is 0.480 e. The van der Waals surface area contributed by atoms with Crippen LogP contribution in [0.4, 0.5) is 0 Å². The zero-order valence-electron chi connectivity index (χ0n) is 25.4. The number of nitrogens with zero attached hydrogens (tertiary/aromatic N) is 1. The highest BCUT2D eigenvalue weighted by molar-refractivity contribution is 5.94. The Bertz CT molecular complexity index is 1100. The molecule has 0 bridgehead atoms. The minimum Gasteiger partial charge on any atom is -0.480 e. The number of amides is 3. The second-order valence-corrected chi connectivity index (χ2v) is 11.8. The predicted molar refractivity (Wildman–Crippen MR) is 152 cm³/mol. The van der Waals surface area contributed by atoms with Crippen LogP contribution in [0.25, 0.3) is 0 Å². The molecule has 1 aliphatic rings. The normalized spacial score (nSPS) is 25.2. The van der Waals surface area contributed by atoms with E-state index in [1.165, 1.54) is 19.4 Å². The molecule has 0 saturated carbocycles. The number of hydrogen-bond donors (Lipinski definition) is 11. The van der Waals surface area contributed by atoms with Gasteiger partial charge < -0.3 is 56.3 Å². The van der Waals surface area contributed by atoms with Crippen molar-refractivity contribution in [1.82, 2.24) is 31.2 Å². The highest BCUT2D eigenvalue weighted by Gasteiger charge is 2.55. The summed E-state index contributed by atoms with van der Waals surface area (Å²) in [7, 11) is 0. The number of ether oxygens (including phenoxy) is 1. The van der Waals surface area contributed by atoms with E-state index in [4.69, 9.17) is 4.74 Å². The number of aromatic nitrogens is 2. The molecule has 0 aromatic carbocycles. The Balaban J connectivity index is 2.32. The van der Waals surface area contributed by atoms with Crippen LogP contribution in [0.2, 0.25) is 0 Å². The summed E-state index contributed by atoms with van der Waals surface area (Å²) in [5.74, 6) is -4.48. The Labute approximate surface area is 254 Å². The summed E-state index contributed by atoms with van der Waals surface area (Å²) in [4.78, 5) is 58.5. The van der Waals surface area contributed by atoms with Gasteiger partial charge in [0.15, 0.2) is 11.8 Å². The van der Waals surface area contributed by atoms with Crippen molar-refractivity contribution < 1.29 is 54.6 Å². The molecule has 1 aromatic rings. The van der Waals surface area contributed by atoms with E-state index in [1.807, 2.05) is 0 Å². The predicted octanol–water partition coefficient (Wildman–Crippen LogP) is -3.67. The summed E-state index contributed by atoms with van der Waals surface area (Å²) in [5.41, 5.74) is -1.55. The first-order valence-corrected chi connectivity index (χ1v) is 14.4. The number of hydrogen-bond acceptors (Lipinski definition) is 12. The number of carbonyl (C=O) groups excluding carboxylic acids is 3. The topological polar surface area (TPSA) is 276 Å². The van der Waals surface area contributed by atoms with Gasteiger partial charge in [-0.15, -0.1) is 0 Å². The van der Waals surface area contributed by atoms with Crippen LogP contribution in [0, 0.1) is 11.8 Å². The van der Waals surface area contributed by atoms with Gasteiger partial charge in [-0.2, -0.15) is 0 Å². The summed E-state index contributed by atoms with van der Waals surface area (Å²) >= 11 is 0. The van der Waals surface area contributed by atoms with E-state index < -0.39 is 97.1 Å². The van der Waals surface area contributed by atoms with Crippen LogP contribution in [0.15, 0.2) is 12.5 Å². The molecule has 3 amide bonds. The summed E-state index contributed by atoms with van der Waals surface area (Å²) in [5, 5.41) is 69.8. The summed E-state index contributed by atoms with van der Waals surface area (Å²) in [6.45, 7) is 6.54. The lowest BCUT2D eigenvalue weighted by molar-refractivity contribution is -0.153. The highest BCUT2D eigenvalue weighted by Crippen LogP contribution is 2.30. The van der Waals surface area contributed by atoms with Crippen LogP contribution < -0.4 is 21.3 Å².